The van der Waals surface area contributed by atoms with Crippen LogP contribution in [0.5, 0.6) is 0 Å². The molecule has 0 saturated heterocycles. The van der Waals surface area contributed by atoms with Crippen LogP contribution in [0, 0.1) is 0 Å². The van der Waals surface area contributed by atoms with Crippen LogP contribution >= 0.6 is 15.9 Å². The Morgan fingerprint density at radius 3 is 2.59 bits per heavy atom. The summed E-state index contributed by atoms with van der Waals surface area (Å²) in [5.41, 5.74) is 6.17. The smallest absolute Gasteiger partial charge is 0.147 e. The Hall–Kier alpha value is -0.400. The van der Waals surface area contributed by atoms with Crippen molar-refractivity contribution in [2.45, 2.75) is 11.3 Å². The molecular formula is C10H14BrNO3S2. The van der Waals surface area contributed by atoms with Crippen LogP contribution in [-0.2, 0) is 20.6 Å². The summed E-state index contributed by atoms with van der Waals surface area (Å²) >= 11 is 3.29. The number of hydrogen-bond donors (Lipinski definition) is 1. The van der Waals surface area contributed by atoms with Crippen molar-refractivity contribution in [1.82, 2.24) is 0 Å². The number of nitrogen functional groups attached to an aromatic ring is 1. The highest BCUT2D eigenvalue weighted by molar-refractivity contribution is 9.10. The van der Waals surface area contributed by atoms with Crippen molar-refractivity contribution >= 4 is 42.3 Å². The maximum Gasteiger partial charge on any atom is 0.147 e. The molecule has 0 aromatic heterocycles. The molecule has 1 aromatic carbocycles. The fraction of sp³-hybridized carbons (Fsp3) is 0.400. The summed E-state index contributed by atoms with van der Waals surface area (Å²) < 4.78 is 34.5. The Balaban J connectivity index is 2.65. The van der Waals surface area contributed by atoms with E-state index in [4.69, 9.17) is 5.73 Å². The van der Waals surface area contributed by atoms with Gasteiger partial charge in [-0.15, -0.1) is 0 Å². The van der Waals surface area contributed by atoms with E-state index in [2.05, 4.69) is 15.9 Å². The molecule has 0 fully saturated rings. The molecule has 1 unspecified atom stereocenters. The third-order valence-corrected chi connectivity index (χ3v) is 5.50. The minimum Gasteiger partial charge on any atom is -0.399 e. The Morgan fingerprint density at radius 2 is 2.06 bits per heavy atom. The first kappa shape index (κ1) is 14.7. The lowest BCUT2D eigenvalue weighted by atomic mass is 10.3. The third-order valence-electron chi connectivity index (χ3n) is 2.05. The van der Waals surface area contributed by atoms with Crippen molar-refractivity contribution in [3.8, 4) is 0 Å². The van der Waals surface area contributed by atoms with Gasteiger partial charge in [-0.25, -0.2) is 8.42 Å². The van der Waals surface area contributed by atoms with Gasteiger partial charge in [-0.05, 0) is 40.5 Å². The van der Waals surface area contributed by atoms with Gasteiger partial charge >= 0.3 is 0 Å². The molecule has 1 rings (SSSR count). The van der Waals surface area contributed by atoms with E-state index < -0.39 is 20.6 Å². The fourth-order valence-corrected chi connectivity index (χ4v) is 4.18. The van der Waals surface area contributed by atoms with Gasteiger partial charge in [0.1, 0.15) is 9.84 Å². The van der Waals surface area contributed by atoms with Crippen molar-refractivity contribution < 1.29 is 12.6 Å². The van der Waals surface area contributed by atoms with Gasteiger partial charge in [0.2, 0.25) is 0 Å². The number of anilines is 1. The molecule has 0 aliphatic carbocycles. The lowest BCUT2D eigenvalue weighted by molar-refractivity contribution is 0.600. The molecular weight excluding hydrogens is 326 g/mol. The summed E-state index contributed by atoms with van der Waals surface area (Å²) in [6, 6.07) is 5.05. The molecule has 2 N–H and O–H groups in total. The van der Waals surface area contributed by atoms with Crippen LogP contribution in [-0.4, -0.2) is 30.4 Å². The van der Waals surface area contributed by atoms with Gasteiger partial charge in [0, 0.05) is 22.2 Å². The van der Waals surface area contributed by atoms with E-state index in [-0.39, 0.29) is 5.75 Å². The van der Waals surface area contributed by atoms with Crippen molar-refractivity contribution in [1.29, 1.82) is 0 Å². The fourth-order valence-electron chi connectivity index (χ4n) is 1.26. The van der Waals surface area contributed by atoms with Crippen molar-refractivity contribution in [3.63, 3.8) is 0 Å². The van der Waals surface area contributed by atoms with Crippen LogP contribution in [0.25, 0.3) is 0 Å². The lowest BCUT2D eigenvalue weighted by Crippen LogP contribution is -2.08. The summed E-state index contributed by atoms with van der Waals surface area (Å²) in [5.74, 6) is 0.390. The first-order valence-electron chi connectivity index (χ1n) is 4.91. The Morgan fingerprint density at radius 1 is 1.41 bits per heavy atom. The topological polar surface area (TPSA) is 77.2 Å². The normalized spacial score (nSPS) is 13.5. The molecule has 0 bridgehead atoms. The highest BCUT2D eigenvalue weighted by Crippen LogP contribution is 2.23. The second-order valence-corrected chi connectivity index (χ2v) is 8.38. The molecule has 0 aliphatic heterocycles. The van der Waals surface area contributed by atoms with Gasteiger partial charge in [0.05, 0.1) is 21.4 Å². The SMILES string of the molecule is CS(=O)(=O)CCCS(=O)c1ccc(N)cc1Br. The number of halogens is 1. The molecule has 96 valence electrons. The molecule has 7 heteroatoms. The second kappa shape index (κ2) is 5.97. The van der Waals surface area contributed by atoms with Gasteiger partial charge in [0.15, 0.2) is 0 Å². The lowest BCUT2D eigenvalue weighted by Gasteiger charge is -2.05. The van der Waals surface area contributed by atoms with Crippen molar-refractivity contribution in [3.05, 3.63) is 22.7 Å². The number of sulfone groups is 1. The summed E-state index contributed by atoms with van der Waals surface area (Å²) in [7, 11) is -4.19. The second-order valence-electron chi connectivity index (χ2n) is 3.72. The maximum atomic E-state index is 11.9. The van der Waals surface area contributed by atoms with Crippen LogP contribution < -0.4 is 5.73 Å². The van der Waals surface area contributed by atoms with Crippen LogP contribution in [0.4, 0.5) is 5.69 Å². The largest absolute Gasteiger partial charge is 0.399 e. The van der Waals surface area contributed by atoms with Gasteiger partial charge in [-0.2, -0.15) is 0 Å². The summed E-state index contributed by atoms with van der Waals surface area (Å²) in [5, 5.41) is 0. The highest BCUT2D eigenvalue weighted by Gasteiger charge is 2.10. The average molecular weight is 340 g/mol. The minimum absolute atomic E-state index is 0.0608. The van der Waals surface area contributed by atoms with E-state index in [0.29, 0.717) is 27.2 Å². The first-order valence-corrected chi connectivity index (χ1v) is 9.08. The molecule has 0 radical (unpaired) electrons. The zero-order chi connectivity index (χ0) is 13.1. The van der Waals surface area contributed by atoms with E-state index in [1.807, 2.05) is 0 Å². The summed E-state index contributed by atoms with van der Waals surface area (Å²) in [6.07, 6.45) is 1.57. The van der Waals surface area contributed by atoms with E-state index in [1.54, 1.807) is 18.2 Å². The Kier molecular flexibility index (Phi) is 5.15. The monoisotopic (exact) mass is 339 g/mol. The third kappa shape index (κ3) is 5.18. The van der Waals surface area contributed by atoms with Crippen LogP contribution in [0.2, 0.25) is 0 Å². The standard InChI is InChI=1S/C10H14BrNO3S2/c1-17(14,15)6-2-5-16(13)10-4-3-8(12)7-9(10)11/h3-4,7H,2,5-6,12H2,1H3. The van der Waals surface area contributed by atoms with E-state index in [9.17, 15) is 12.6 Å². The quantitative estimate of drug-likeness (QED) is 0.826. The molecule has 0 saturated carbocycles. The van der Waals surface area contributed by atoms with Crippen molar-refractivity contribution in [2.24, 2.45) is 0 Å². The van der Waals surface area contributed by atoms with Crippen LogP contribution in [0.1, 0.15) is 6.42 Å². The maximum absolute atomic E-state index is 11.9. The van der Waals surface area contributed by atoms with Gasteiger partial charge in [0.25, 0.3) is 0 Å². The summed E-state index contributed by atoms with van der Waals surface area (Å²) in [6.45, 7) is 0. The van der Waals surface area contributed by atoms with Gasteiger partial charge < -0.3 is 5.73 Å². The number of hydrogen-bond acceptors (Lipinski definition) is 4. The predicted octanol–water partition coefficient (Wildman–Crippen LogP) is 1.57. The zero-order valence-electron chi connectivity index (χ0n) is 9.35. The first-order chi connectivity index (χ1) is 7.79. The average Bonchev–Trinajstić information content (AvgIpc) is 2.15. The van der Waals surface area contributed by atoms with Crippen LogP contribution in [0.3, 0.4) is 0 Å². The van der Waals surface area contributed by atoms with E-state index >= 15 is 0 Å². The number of benzene rings is 1. The highest BCUT2D eigenvalue weighted by atomic mass is 79.9. The number of rotatable bonds is 5. The van der Waals surface area contributed by atoms with E-state index in [0.717, 1.165) is 0 Å². The molecule has 17 heavy (non-hydrogen) atoms. The predicted molar refractivity (Wildman–Crippen MR) is 74.2 cm³/mol. The van der Waals surface area contributed by atoms with Gasteiger partial charge in [-0.3, -0.25) is 4.21 Å². The summed E-state index contributed by atoms with van der Waals surface area (Å²) in [4.78, 5) is 0.646. The number of nitrogens with two attached hydrogens (primary N) is 1. The Labute approximate surface area is 112 Å². The van der Waals surface area contributed by atoms with Crippen molar-refractivity contribution in [2.75, 3.05) is 23.5 Å². The molecule has 1 aromatic rings. The van der Waals surface area contributed by atoms with E-state index in [1.165, 1.54) is 6.26 Å². The van der Waals surface area contributed by atoms with Gasteiger partial charge in [-0.1, -0.05) is 0 Å². The molecule has 0 aliphatic rings. The molecule has 0 spiro atoms. The van der Waals surface area contributed by atoms with Crippen LogP contribution in [0.15, 0.2) is 27.6 Å². The minimum atomic E-state index is -2.98. The molecule has 1 atom stereocenters. The Bertz CT molecular complexity index is 528. The molecule has 0 heterocycles. The molecule has 4 nitrogen and oxygen atoms in total. The molecule has 0 amide bonds. The zero-order valence-corrected chi connectivity index (χ0v) is 12.6.